The van der Waals surface area contributed by atoms with E-state index in [-0.39, 0.29) is 0 Å². The van der Waals surface area contributed by atoms with Gasteiger partial charge in [0.05, 0.1) is 0 Å². The average molecular weight is 270 g/mol. The van der Waals surface area contributed by atoms with Crippen LogP contribution in [-0.4, -0.2) is 11.1 Å². The van der Waals surface area contributed by atoms with E-state index in [0.717, 1.165) is 18.8 Å². The van der Waals surface area contributed by atoms with Gasteiger partial charge in [0.2, 0.25) is 0 Å². The number of hydrogen-bond acceptors (Lipinski definition) is 1. The average Bonchev–Trinajstić information content (AvgIpc) is 2.35. The van der Waals surface area contributed by atoms with Gasteiger partial charge in [-0.25, -0.2) is 0 Å². The molecule has 0 aliphatic heterocycles. The molecule has 0 aromatic rings. The number of aliphatic carboxylic acids is 1. The lowest BCUT2D eigenvalue weighted by atomic mass is 9.88. The SMILES string of the molecule is CCCCCCCC(CCC(C)CCC)CC(=O)O. The summed E-state index contributed by atoms with van der Waals surface area (Å²) in [6, 6.07) is 0. The molecule has 2 atom stereocenters. The number of rotatable bonds is 13. The zero-order valence-electron chi connectivity index (χ0n) is 13.3. The van der Waals surface area contributed by atoms with Gasteiger partial charge in [-0.1, -0.05) is 72.1 Å². The highest BCUT2D eigenvalue weighted by Gasteiger charge is 2.14. The van der Waals surface area contributed by atoms with Gasteiger partial charge in [-0.05, 0) is 24.7 Å². The molecular weight excluding hydrogens is 236 g/mol. The second-order valence-corrected chi connectivity index (χ2v) is 6.14. The smallest absolute Gasteiger partial charge is 0.303 e. The van der Waals surface area contributed by atoms with Crippen LogP contribution in [0.5, 0.6) is 0 Å². The van der Waals surface area contributed by atoms with E-state index in [0.29, 0.717) is 12.3 Å². The van der Waals surface area contributed by atoms with Crippen LogP contribution in [0.25, 0.3) is 0 Å². The first-order chi connectivity index (χ1) is 9.10. The van der Waals surface area contributed by atoms with Crippen LogP contribution in [0.15, 0.2) is 0 Å². The van der Waals surface area contributed by atoms with Gasteiger partial charge in [0.15, 0.2) is 0 Å². The Morgan fingerprint density at radius 2 is 1.58 bits per heavy atom. The molecule has 0 heterocycles. The summed E-state index contributed by atoms with van der Waals surface area (Å²) in [4.78, 5) is 10.9. The fraction of sp³-hybridized carbons (Fsp3) is 0.941. The van der Waals surface area contributed by atoms with E-state index in [4.69, 9.17) is 5.11 Å². The maximum atomic E-state index is 10.9. The van der Waals surface area contributed by atoms with Crippen molar-refractivity contribution in [2.75, 3.05) is 0 Å². The molecular formula is C17H34O2. The number of unbranched alkanes of at least 4 members (excludes halogenated alkanes) is 4. The highest BCUT2D eigenvalue weighted by Crippen LogP contribution is 2.24. The van der Waals surface area contributed by atoms with E-state index in [1.165, 1.54) is 51.4 Å². The molecule has 0 amide bonds. The van der Waals surface area contributed by atoms with E-state index >= 15 is 0 Å². The molecule has 2 nitrogen and oxygen atoms in total. The maximum Gasteiger partial charge on any atom is 0.303 e. The van der Waals surface area contributed by atoms with Crippen molar-refractivity contribution in [3.63, 3.8) is 0 Å². The third-order valence-electron chi connectivity index (χ3n) is 4.03. The summed E-state index contributed by atoms with van der Waals surface area (Å²) in [6.45, 7) is 6.74. The van der Waals surface area contributed by atoms with Gasteiger partial charge in [0.25, 0.3) is 0 Å². The first-order valence-electron chi connectivity index (χ1n) is 8.31. The van der Waals surface area contributed by atoms with Crippen LogP contribution in [0.2, 0.25) is 0 Å². The Labute approximate surface area is 120 Å². The summed E-state index contributed by atoms with van der Waals surface area (Å²) >= 11 is 0. The topological polar surface area (TPSA) is 37.3 Å². The predicted molar refractivity (Wildman–Crippen MR) is 82.4 cm³/mol. The molecule has 0 rings (SSSR count). The summed E-state index contributed by atoms with van der Waals surface area (Å²) in [5.74, 6) is 0.529. The molecule has 0 aliphatic carbocycles. The molecule has 0 saturated carbocycles. The quantitative estimate of drug-likeness (QED) is 0.439. The van der Waals surface area contributed by atoms with Gasteiger partial charge in [-0.2, -0.15) is 0 Å². The van der Waals surface area contributed by atoms with E-state index < -0.39 is 5.97 Å². The second kappa shape index (κ2) is 12.5. The van der Waals surface area contributed by atoms with Crippen molar-refractivity contribution in [2.24, 2.45) is 11.8 Å². The summed E-state index contributed by atoms with van der Waals surface area (Å²) in [5, 5.41) is 8.99. The monoisotopic (exact) mass is 270 g/mol. The van der Waals surface area contributed by atoms with Gasteiger partial charge in [-0.3, -0.25) is 4.79 Å². The normalized spacial score (nSPS) is 14.3. The van der Waals surface area contributed by atoms with Crippen LogP contribution < -0.4 is 0 Å². The van der Waals surface area contributed by atoms with Gasteiger partial charge < -0.3 is 5.11 Å². The van der Waals surface area contributed by atoms with Crippen LogP contribution >= 0.6 is 0 Å². The van der Waals surface area contributed by atoms with Gasteiger partial charge in [-0.15, -0.1) is 0 Å². The standard InChI is InChI=1S/C17H34O2/c1-4-6-7-8-9-11-16(14-17(18)19)13-12-15(3)10-5-2/h15-16H,4-14H2,1-3H3,(H,18,19). The molecule has 0 fully saturated rings. The Bertz CT molecular complexity index is 213. The molecule has 0 radical (unpaired) electrons. The molecule has 0 spiro atoms. The number of carboxylic acid groups (broad SMARTS) is 1. The molecule has 0 bridgehead atoms. The molecule has 1 N–H and O–H groups in total. The third kappa shape index (κ3) is 12.3. The van der Waals surface area contributed by atoms with Crippen LogP contribution in [0.1, 0.15) is 91.4 Å². The van der Waals surface area contributed by atoms with Crippen LogP contribution in [0.3, 0.4) is 0 Å². The summed E-state index contributed by atoms with van der Waals surface area (Å²) in [5.41, 5.74) is 0. The fourth-order valence-electron chi connectivity index (χ4n) is 2.79. The molecule has 2 heteroatoms. The molecule has 0 aliphatic rings. The van der Waals surface area contributed by atoms with Gasteiger partial charge in [0.1, 0.15) is 0 Å². The van der Waals surface area contributed by atoms with E-state index in [2.05, 4.69) is 20.8 Å². The Morgan fingerprint density at radius 3 is 2.16 bits per heavy atom. The summed E-state index contributed by atoms with van der Waals surface area (Å²) in [6.07, 6.45) is 12.7. The van der Waals surface area contributed by atoms with Crippen molar-refractivity contribution in [1.82, 2.24) is 0 Å². The predicted octanol–water partition coefficient (Wildman–Crippen LogP) is 5.65. The van der Waals surface area contributed by atoms with Crippen LogP contribution in [0, 0.1) is 11.8 Å². The lowest BCUT2D eigenvalue weighted by Gasteiger charge is -2.17. The maximum absolute atomic E-state index is 10.9. The van der Waals surface area contributed by atoms with Crippen molar-refractivity contribution >= 4 is 5.97 Å². The second-order valence-electron chi connectivity index (χ2n) is 6.14. The van der Waals surface area contributed by atoms with Crippen molar-refractivity contribution in [1.29, 1.82) is 0 Å². The van der Waals surface area contributed by atoms with Crippen LogP contribution in [-0.2, 0) is 4.79 Å². The lowest BCUT2D eigenvalue weighted by Crippen LogP contribution is -2.10. The fourth-order valence-corrected chi connectivity index (χ4v) is 2.79. The minimum absolute atomic E-state index is 0.368. The van der Waals surface area contributed by atoms with E-state index in [1.807, 2.05) is 0 Å². The van der Waals surface area contributed by atoms with Gasteiger partial charge in [0, 0.05) is 6.42 Å². The molecule has 0 saturated heterocycles. The summed E-state index contributed by atoms with van der Waals surface area (Å²) in [7, 11) is 0. The Morgan fingerprint density at radius 1 is 0.895 bits per heavy atom. The first kappa shape index (κ1) is 18.5. The van der Waals surface area contributed by atoms with E-state index in [1.54, 1.807) is 0 Å². The number of carboxylic acids is 1. The van der Waals surface area contributed by atoms with Crippen molar-refractivity contribution in [3.05, 3.63) is 0 Å². The first-order valence-corrected chi connectivity index (χ1v) is 8.31. The minimum Gasteiger partial charge on any atom is -0.481 e. The zero-order chi connectivity index (χ0) is 14.5. The van der Waals surface area contributed by atoms with Crippen LogP contribution in [0.4, 0.5) is 0 Å². The highest BCUT2D eigenvalue weighted by atomic mass is 16.4. The van der Waals surface area contributed by atoms with Crippen molar-refractivity contribution in [2.45, 2.75) is 91.4 Å². The Kier molecular flexibility index (Phi) is 12.2. The molecule has 2 unspecified atom stereocenters. The highest BCUT2D eigenvalue weighted by molar-refractivity contribution is 5.66. The molecule has 19 heavy (non-hydrogen) atoms. The number of carbonyl (C=O) groups is 1. The Hall–Kier alpha value is -0.530. The lowest BCUT2D eigenvalue weighted by molar-refractivity contribution is -0.138. The third-order valence-corrected chi connectivity index (χ3v) is 4.03. The minimum atomic E-state index is -0.623. The molecule has 114 valence electrons. The van der Waals surface area contributed by atoms with Crippen molar-refractivity contribution in [3.8, 4) is 0 Å². The molecule has 0 aromatic carbocycles. The summed E-state index contributed by atoms with van der Waals surface area (Å²) < 4.78 is 0. The van der Waals surface area contributed by atoms with Gasteiger partial charge >= 0.3 is 5.97 Å². The van der Waals surface area contributed by atoms with E-state index in [9.17, 15) is 4.79 Å². The Balaban J connectivity index is 3.84. The zero-order valence-corrected chi connectivity index (χ0v) is 13.3. The number of hydrogen-bond donors (Lipinski definition) is 1. The van der Waals surface area contributed by atoms with Crippen molar-refractivity contribution < 1.29 is 9.90 Å². The molecule has 0 aromatic heterocycles. The largest absolute Gasteiger partial charge is 0.481 e.